The van der Waals surface area contributed by atoms with Gasteiger partial charge in [-0.15, -0.1) is 12.4 Å². The van der Waals surface area contributed by atoms with Crippen molar-refractivity contribution in [1.82, 2.24) is 10.1 Å². The van der Waals surface area contributed by atoms with Gasteiger partial charge in [0.2, 0.25) is 0 Å². The van der Waals surface area contributed by atoms with Crippen molar-refractivity contribution >= 4 is 18.2 Å². The summed E-state index contributed by atoms with van der Waals surface area (Å²) in [5, 5.41) is 3.97. The fourth-order valence-electron chi connectivity index (χ4n) is 2.43. The molecule has 1 aromatic carbocycles. The Morgan fingerprint density at radius 1 is 1.43 bits per heavy atom. The fourth-order valence-corrected chi connectivity index (χ4v) is 2.43. The predicted molar refractivity (Wildman–Crippen MR) is 86.8 cm³/mol. The molecule has 1 fully saturated rings. The minimum absolute atomic E-state index is 0. The van der Waals surface area contributed by atoms with Gasteiger partial charge in [-0.25, -0.2) is 0 Å². The monoisotopic (exact) mass is 337 g/mol. The van der Waals surface area contributed by atoms with E-state index in [9.17, 15) is 4.79 Å². The summed E-state index contributed by atoms with van der Waals surface area (Å²) in [5.41, 5.74) is 6.33. The van der Waals surface area contributed by atoms with Crippen molar-refractivity contribution in [1.29, 1.82) is 0 Å². The molecular formula is C16H20ClN3O3. The van der Waals surface area contributed by atoms with Crippen LogP contribution >= 0.6 is 12.4 Å². The van der Waals surface area contributed by atoms with E-state index >= 15 is 0 Å². The molecule has 2 aromatic rings. The molecule has 1 heterocycles. The van der Waals surface area contributed by atoms with E-state index in [0.29, 0.717) is 23.0 Å². The minimum atomic E-state index is -0.448. The van der Waals surface area contributed by atoms with Crippen LogP contribution in [0.15, 0.2) is 28.8 Å². The molecule has 2 N–H and O–H groups in total. The molecule has 1 saturated carbocycles. The van der Waals surface area contributed by atoms with Crippen molar-refractivity contribution in [3.05, 3.63) is 41.5 Å². The van der Waals surface area contributed by atoms with Crippen molar-refractivity contribution in [2.75, 3.05) is 0 Å². The number of hydrogen-bond acceptors (Lipinski definition) is 6. The van der Waals surface area contributed by atoms with Gasteiger partial charge in [0.25, 0.3) is 5.89 Å². The largest absolute Gasteiger partial charge is 0.481 e. The van der Waals surface area contributed by atoms with Crippen molar-refractivity contribution in [2.45, 2.75) is 44.8 Å². The van der Waals surface area contributed by atoms with E-state index in [1.165, 1.54) is 6.92 Å². The maximum Gasteiger partial charge on any atom is 0.267 e. The smallest absolute Gasteiger partial charge is 0.267 e. The van der Waals surface area contributed by atoms with Crippen LogP contribution in [0.4, 0.5) is 0 Å². The number of carbonyl (C=O) groups is 1. The number of Topliss-reactive ketones (excluding diaryl/α,β-unsaturated/α-hetero) is 1. The zero-order valence-corrected chi connectivity index (χ0v) is 13.9. The Hall–Kier alpha value is -1.92. The standard InChI is InChI=1S/C16H19N3O3.ClH/c1-10(20)12-5-3-6-13(9-12)21-11(2)14-18-15(19-22-14)16(17)7-4-8-16;/h3,5-6,9,11H,4,7-8,17H2,1-2H3;1H. The number of benzene rings is 1. The second-order valence-corrected chi connectivity index (χ2v) is 5.81. The van der Waals surface area contributed by atoms with E-state index in [4.69, 9.17) is 15.0 Å². The van der Waals surface area contributed by atoms with Crippen LogP contribution in [0.2, 0.25) is 0 Å². The number of ether oxygens (including phenoxy) is 1. The molecule has 1 aliphatic carbocycles. The van der Waals surface area contributed by atoms with Crippen molar-refractivity contribution in [3.8, 4) is 5.75 Å². The average Bonchev–Trinajstić information content (AvgIpc) is 2.95. The van der Waals surface area contributed by atoms with Gasteiger partial charge in [-0.1, -0.05) is 17.3 Å². The molecular weight excluding hydrogens is 318 g/mol. The number of ketones is 1. The third kappa shape index (κ3) is 3.54. The first-order valence-corrected chi connectivity index (χ1v) is 7.38. The molecule has 1 unspecified atom stereocenters. The van der Waals surface area contributed by atoms with Crippen LogP contribution in [-0.2, 0) is 5.54 Å². The molecule has 23 heavy (non-hydrogen) atoms. The quantitative estimate of drug-likeness (QED) is 0.842. The lowest BCUT2D eigenvalue weighted by Gasteiger charge is -2.34. The van der Waals surface area contributed by atoms with E-state index in [-0.39, 0.29) is 18.2 Å². The molecule has 0 spiro atoms. The van der Waals surface area contributed by atoms with E-state index in [1.54, 1.807) is 24.3 Å². The Morgan fingerprint density at radius 3 is 2.78 bits per heavy atom. The molecule has 1 aliphatic rings. The molecule has 0 aliphatic heterocycles. The van der Waals surface area contributed by atoms with Gasteiger partial charge >= 0.3 is 0 Å². The molecule has 6 nitrogen and oxygen atoms in total. The van der Waals surface area contributed by atoms with Gasteiger partial charge in [-0.2, -0.15) is 4.98 Å². The lowest BCUT2D eigenvalue weighted by molar-refractivity contribution is 0.101. The van der Waals surface area contributed by atoms with Gasteiger partial charge in [0.15, 0.2) is 17.7 Å². The number of carbonyl (C=O) groups excluding carboxylic acids is 1. The summed E-state index contributed by atoms with van der Waals surface area (Å²) in [4.78, 5) is 15.8. The van der Waals surface area contributed by atoms with Crippen LogP contribution in [0.5, 0.6) is 5.75 Å². The molecule has 7 heteroatoms. The Morgan fingerprint density at radius 2 is 2.17 bits per heavy atom. The Bertz CT molecular complexity index is 697. The summed E-state index contributed by atoms with van der Waals surface area (Å²) < 4.78 is 11.0. The molecule has 1 aromatic heterocycles. The van der Waals surface area contributed by atoms with Crippen LogP contribution in [0.1, 0.15) is 61.3 Å². The zero-order valence-electron chi connectivity index (χ0n) is 13.1. The Kier molecular flexibility index (Phi) is 5.06. The van der Waals surface area contributed by atoms with Crippen molar-refractivity contribution in [2.24, 2.45) is 5.73 Å². The van der Waals surface area contributed by atoms with Crippen molar-refractivity contribution in [3.63, 3.8) is 0 Å². The Balaban J connectivity index is 0.00000192. The third-order valence-electron chi connectivity index (χ3n) is 4.03. The third-order valence-corrected chi connectivity index (χ3v) is 4.03. The van der Waals surface area contributed by atoms with Crippen LogP contribution in [0.3, 0.4) is 0 Å². The van der Waals surface area contributed by atoms with Crippen molar-refractivity contribution < 1.29 is 14.1 Å². The lowest BCUT2D eigenvalue weighted by Crippen LogP contribution is -2.44. The molecule has 0 saturated heterocycles. The fraction of sp³-hybridized carbons (Fsp3) is 0.438. The van der Waals surface area contributed by atoms with E-state index in [2.05, 4.69) is 10.1 Å². The van der Waals surface area contributed by atoms with Gasteiger partial charge < -0.3 is 15.0 Å². The number of hydrogen-bond donors (Lipinski definition) is 1. The highest BCUT2D eigenvalue weighted by molar-refractivity contribution is 5.94. The van der Waals surface area contributed by atoms with Crippen LogP contribution in [0, 0.1) is 0 Å². The molecule has 0 radical (unpaired) electrons. The van der Waals surface area contributed by atoms with Gasteiger partial charge in [0, 0.05) is 5.56 Å². The second-order valence-electron chi connectivity index (χ2n) is 5.81. The van der Waals surface area contributed by atoms with E-state index in [1.807, 2.05) is 6.92 Å². The number of rotatable bonds is 5. The van der Waals surface area contributed by atoms with Crippen LogP contribution < -0.4 is 10.5 Å². The first-order chi connectivity index (χ1) is 10.5. The summed E-state index contributed by atoms with van der Waals surface area (Å²) >= 11 is 0. The van der Waals surface area contributed by atoms with Gasteiger partial charge in [0.05, 0.1) is 5.54 Å². The maximum atomic E-state index is 11.4. The lowest BCUT2D eigenvalue weighted by atomic mass is 9.77. The number of nitrogens with two attached hydrogens (primary N) is 1. The summed E-state index contributed by atoms with van der Waals surface area (Å²) in [7, 11) is 0. The van der Waals surface area contributed by atoms with Gasteiger partial charge in [0.1, 0.15) is 5.75 Å². The molecule has 3 rings (SSSR count). The topological polar surface area (TPSA) is 91.2 Å². The van der Waals surface area contributed by atoms with Gasteiger partial charge in [-0.3, -0.25) is 4.79 Å². The summed E-state index contributed by atoms with van der Waals surface area (Å²) in [6.07, 6.45) is 2.43. The van der Waals surface area contributed by atoms with Gasteiger partial charge in [-0.05, 0) is 45.2 Å². The predicted octanol–water partition coefficient (Wildman–Crippen LogP) is 3.17. The SMILES string of the molecule is CC(=O)c1cccc(OC(C)c2nc(C3(N)CCC3)no2)c1.Cl. The first kappa shape index (κ1) is 17.4. The molecule has 1 atom stereocenters. The summed E-state index contributed by atoms with van der Waals surface area (Å²) in [5.74, 6) is 1.51. The van der Waals surface area contributed by atoms with E-state index in [0.717, 1.165) is 19.3 Å². The summed E-state index contributed by atoms with van der Waals surface area (Å²) in [6, 6.07) is 7.02. The highest BCUT2D eigenvalue weighted by Crippen LogP contribution is 2.37. The minimum Gasteiger partial charge on any atom is -0.481 e. The Labute approximate surface area is 140 Å². The molecule has 0 amide bonds. The molecule has 124 valence electrons. The molecule has 0 bridgehead atoms. The van der Waals surface area contributed by atoms with E-state index < -0.39 is 11.6 Å². The average molecular weight is 338 g/mol. The maximum absolute atomic E-state index is 11.4. The first-order valence-electron chi connectivity index (χ1n) is 7.38. The highest BCUT2D eigenvalue weighted by Gasteiger charge is 2.39. The van der Waals surface area contributed by atoms with Crippen LogP contribution in [0.25, 0.3) is 0 Å². The zero-order chi connectivity index (χ0) is 15.7. The second kappa shape index (κ2) is 6.68. The normalized spacial score (nSPS) is 16.8. The number of aromatic nitrogens is 2. The summed E-state index contributed by atoms with van der Waals surface area (Å²) in [6.45, 7) is 3.34. The van der Waals surface area contributed by atoms with Crippen LogP contribution in [-0.4, -0.2) is 15.9 Å². The number of halogens is 1. The highest BCUT2D eigenvalue weighted by atomic mass is 35.5. The number of nitrogens with zero attached hydrogens (tertiary/aromatic N) is 2.